The maximum absolute atomic E-state index is 13.5. The first-order chi connectivity index (χ1) is 16.2. The second-order valence-corrected chi connectivity index (χ2v) is 8.07. The third-order valence-electron chi connectivity index (χ3n) is 6.14. The number of nitrogens with zero attached hydrogens (tertiary/aromatic N) is 1. The van der Waals surface area contributed by atoms with Gasteiger partial charge in [-0.3, -0.25) is 0 Å². The molecule has 33 heavy (non-hydrogen) atoms. The fourth-order valence-corrected chi connectivity index (χ4v) is 4.59. The van der Waals surface area contributed by atoms with E-state index in [1.807, 2.05) is 66.4 Å². The molecule has 0 unspecified atom stereocenters. The summed E-state index contributed by atoms with van der Waals surface area (Å²) in [5.41, 5.74) is 5.20. The average Bonchev–Trinajstić information content (AvgIpc) is 3.23. The van der Waals surface area contributed by atoms with Crippen LogP contribution in [0.4, 0.5) is 10.5 Å². The SMILES string of the molecule is CCOc1ccc(NC(=O)N2CCc3c([nH]c4ccccc34)[C@@H]2c2ccc(OC)cc2)cc1. The lowest BCUT2D eigenvalue weighted by Gasteiger charge is -2.36. The van der Waals surface area contributed by atoms with Crippen LogP contribution in [-0.2, 0) is 6.42 Å². The molecule has 0 bridgehead atoms. The zero-order valence-electron chi connectivity index (χ0n) is 18.8. The van der Waals surface area contributed by atoms with Crippen LogP contribution in [0.5, 0.6) is 11.5 Å². The van der Waals surface area contributed by atoms with E-state index in [-0.39, 0.29) is 12.1 Å². The minimum Gasteiger partial charge on any atom is -0.497 e. The average molecular weight is 442 g/mol. The first-order valence-electron chi connectivity index (χ1n) is 11.2. The number of anilines is 1. The van der Waals surface area contributed by atoms with Crippen molar-refractivity contribution in [2.75, 3.05) is 25.6 Å². The monoisotopic (exact) mass is 441 g/mol. The molecule has 0 aliphatic carbocycles. The Kier molecular flexibility index (Phi) is 5.65. The number of nitrogens with one attached hydrogen (secondary N) is 2. The Hall–Kier alpha value is -3.93. The van der Waals surface area contributed by atoms with Gasteiger partial charge < -0.3 is 24.7 Å². The third-order valence-corrected chi connectivity index (χ3v) is 6.14. The molecule has 5 rings (SSSR count). The number of hydrogen-bond donors (Lipinski definition) is 2. The number of ether oxygens (including phenoxy) is 2. The minimum absolute atomic E-state index is 0.135. The topological polar surface area (TPSA) is 66.6 Å². The first-order valence-corrected chi connectivity index (χ1v) is 11.2. The molecule has 168 valence electrons. The molecule has 1 aromatic heterocycles. The summed E-state index contributed by atoms with van der Waals surface area (Å²) in [5, 5.41) is 4.28. The molecule has 3 aromatic carbocycles. The van der Waals surface area contributed by atoms with Gasteiger partial charge in [0.15, 0.2) is 0 Å². The molecule has 2 heterocycles. The highest BCUT2D eigenvalue weighted by atomic mass is 16.5. The van der Waals surface area contributed by atoms with Gasteiger partial charge in [0.05, 0.1) is 19.8 Å². The number of methoxy groups -OCH3 is 1. The molecule has 2 N–H and O–H groups in total. The van der Waals surface area contributed by atoms with Crippen LogP contribution < -0.4 is 14.8 Å². The largest absolute Gasteiger partial charge is 0.497 e. The molecular formula is C27H27N3O3. The number of aromatic nitrogens is 1. The van der Waals surface area contributed by atoms with Gasteiger partial charge in [0.1, 0.15) is 11.5 Å². The molecule has 0 radical (unpaired) electrons. The van der Waals surface area contributed by atoms with Gasteiger partial charge in [0.2, 0.25) is 0 Å². The van der Waals surface area contributed by atoms with Crippen molar-refractivity contribution in [1.29, 1.82) is 0 Å². The normalized spacial score (nSPS) is 15.2. The van der Waals surface area contributed by atoms with E-state index in [2.05, 4.69) is 28.5 Å². The zero-order valence-corrected chi connectivity index (χ0v) is 18.8. The number of urea groups is 1. The maximum atomic E-state index is 13.5. The molecule has 0 spiro atoms. The first kappa shape index (κ1) is 20.9. The Labute approximate surface area is 193 Å². The van der Waals surface area contributed by atoms with Crippen molar-refractivity contribution in [2.45, 2.75) is 19.4 Å². The van der Waals surface area contributed by atoms with Gasteiger partial charge in [-0.15, -0.1) is 0 Å². The van der Waals surface area contributed by atoms with Crippen molar-refractivity contribution in [1.82, 2.24) is 9.88 Å². The quantitative estimate of drug-likeness (QED) is 0.414. The van der Waals surface area contributed by atoms with Gasteiger partial charge in [0, 0.05) is 28.8 Å². The second-order valence-electron chi connectivity index (χ2n) is 8.07. The molecule has 1 atom stereocenters. The van der Waals surface area contributed by atoms with Crippen LogP contribution in [0.15, 0.2) is 72.8 Å². The van der Waals surface area contributed by atoms with Gasteiger partial charge in [-0.05, 0) is 66.9 Å². The molecule has 0 saturated carbocycles. The summed E-state index contributed by atoms with van der Waals surface area (Å²) < 4.78 is 10.8. The van der Waals surface area contributed by atoms with Gasteiger partial charge in [0.25, 0.3) is 0 Å². The number of hydrogen-bond acceptors (Lipinski definition) is 3. The summed E-state index contributed by atoms with van der Waals surface area (Å²) >= 11 is 0. The van der Waals surface area contributed by atoms with Crippen LogP contribution in [0.1, 0.15) is 29.8 Å². The molecule has 2 amide bonds. The van der Waals surface area contributed by atoms with Crippen LogP contribution in [-0.4, -0.2) is 36.2 Å². The van der Waals surface area contributed by atoms with E-state index in [1.54, 1.807) is 7.11 Å². The Balaban J connectivity index is 1.50. The van der Waals surface area contributed by atoms with Crippen molar-refractivity contribution in [3.63, 3.8) is 0 Å². The lowest BCUT2D eigenvalue weighted by atomic mass is 9.92. The van der Waals surface area contributed by atoms with E-state index < -0.39 is 0 Å². The number of carbonyl (C=O) groups is 1. The van der Waals surface area contributed by atoms with Crippen molar-refractivity contribution in [2.24, 2.45) is 0 Å². The predicted octanol–water partition coefficient (Wildman–Crippen LogP) is 5.75. The van der Waals surface area contributed by atoms with E-state index in [9.17, 15) is 4.79 Å². The molecule has 0 saturated heterocycles. The highest BCUT2D eigenvalue weighted by Crippen LogP contribution is 2.39. The lowest BCUT2D eigenvalue weighted by molar-refractivity contribution is 0.193. The Bertz CT molecular complexity index is 1260. The summed E-state index contributed by atoms with van der Waals surface area (Å²) in [5.74, 6) is 1.57. The van der Waals surface area contributed by atoms with Crippen molar-refractivity contribution < 1.29 is 14.3 Å². The number of fused-ring (bicyclic) bond motifs is 3. The number of benzene rings is 3. The number of carbonyl (C=O) groups excluding carboxylic acids is 1. The number of rotatable bonds is 5. The van der Waals surface area contributed by atoms with E-state index in [0.717, 1.165) is 40.4 Å². The number of aromatic amines is 1. The zero-order chi connectivity index (χ0) is 22.8. The molecule has 0 fully saturated rings. The van der Waals surface area contributed by atoms with Gasteiger partial charge in [-0.1, -0.05) is 30.3 Å². The van der Waals surface area contributed by atoms with Crippen LogP contribution in [0.2, 0.25) is 0 Å². The van der Waals surface area contributed by atoms with Crippen LogP contribution in [0.3, 0.4) is 0 Å². The van der Waals surface area contributed by atoms with Crippen LogP contribution >= 0.6 is 0 Å². The maximum Gasteiger partial charge on any atom is 0.322 e. The highest BCUT2D eigenvalue weighted by Gasteiger charge is 2.34. The summed E-state index contributed by atoms with van der Waals surface area (Å²) in [4.78, 5) is 18.9. The molecule has 6 nitrogen and oxygen atoms in total. The molecule has 1 aliphatic heterocycles. The molecule has 1 aliphatic rings. The number of H-pyrrole nitrogens is 1. The molecular weight excluding hydrogens is 414 g/mol. The fraction of sp³-hybridized carbons (Fsp3) is 0.222. The molecule has 6 heteroatoms. The minimum atomic E-state index is -0.227. The predicted molar refractivity (Wildman–Crippen MR) is 130 cm³/mol. The highest BCUT2D eigenvalue weighted by molar-refractivity contribution is 5.91. The van der Waals surface area contributed by atoms with E-state index in [0.29, 0.717) is 13.2 Å². The summed E-state index contributed by atoms with van der Waals surface area (Å²) in [6, 6.07) is 23.4. The standard InChI is InChI=1S/C27H27N3O3/c1-3-33-21-14-10-19(11-15-21)28-27(31)30-17-16-23-22-6-4-5-7-24(22)29-25(23)26(30)18-8-12-20(32-2)13-9-18/h4-15,26,29H,3,16-17H2,1-2H3,(H,28,31)/t26-/m0/s1. The third kappa shape index (κ3) is 4.00. The number of amides is 2. The van der Waals surface area contributed by atoms with E-state index in [1.165, 1.54) is 10.9 Å². The van der Waals surface area contributed by atoms with Gasteiger partial charge in [-0.25, -0.2) is 4.79 Å². The van der Waals surface area contributed by atoms with E-state index >= 15 is 0 Å². The van der Waals surface area contributed by atoms with Gasteiger partial charge in [-0.2, -0.15) is 0 Å². The summed E-state index contributed by atoms with van der Waals surface area (Å²) in [6.07, 6.45) is 0.794. The Morgan fingerprint density at radius 2 is 1.76 bits per heavy atom. The van der Waals surface area contributed by atoms with E-state index in [4.69, 9.17) is 9.47 Å². The molecule has 4 aromatic rings. The van der Waals surface area contributed by atoms with Crippen LogP contribution in [0, 0.1) is 0 Å². The Morgan fingerprint density at radius 3 is 2.48 bits per heavy atom. The summed E-state index contributed by atoms with van der Waals surface area (Å²) in [7, 11) is 1.65. The van der Waals surface area contributed by atoms with Crippen molar-refractivity contribution >= 4 is 22.6 Å². The lowest BCUT2D eigenvalue weighted by Crippen LogP contribution is -2.43. The second kappa shape index (κ2) is 8.90. The Morgan fingerprint density at radius 1 is 1.03 bits per heavy atom. The van der Waals surface area contributed by atoms with Crippen molar-refractivity contribution in [3.8, 4) is 11.5 Å². The van der Waals surface area contributed by atoms with Crippen LogP contribution in [0.25, 0.3) is 10.9 Å². The van der Waals surface area contributed by atoms with Gasteiger partial charge >= 0.3 is 6.03 Å². The summed E-state index contributed by atoms with van der Waals surface area (Å²) in [6.45, 7) is 3.17. The van der Waals surface area contributed by atoms with Crippen molar-refractivity contribution in [3.05, 3.63) is 89.6 Å². The fourth-order valence-electron chi connectivity index (χ4n) is 4.59. The smallest absolute Gasteiger partial charge is 0.322 e. The number of para-hydroxylation sites is 1.